The van der Waals surface area contributed by atoms with Gasteiger partial charge in [-0.15, -0.1) is 0 Å². The van der Waals surface area contributed by atoms with Gasteiger partial charge >= 0.3 is 0 Å². The molecule has 1 aromatic carbocycles. The van der Waals surface area contributed by atoms with E-state index < -0.39 is 10.0 Å². The van der Waals surface area contributed by atoms with E-state index in [1.54, 1.807) is 23.7 Å². The van der Waals surface area contributed by atoms with E-state index >= 15 is 0 Å². The summed E-state index contributed by atoms with van der Waals surface area (Å²) in [5, 5.41) is 3.28. The standard InChI is InChI=1S/C17H22FN3O3S/c1-20-15-6-5-14(18)11-13(15)12-16(20)17(22)19-7-10-25(23,24)21-8-3-2-4-9-21/h5-6,11-12H,2-4,7-10H2,1H3,(H,19,22). The number of carbonyl (C=O) groups is 1. The average Bonchev–Trinajstić information content (AvgIpc) is 2.91. The number of hydrogen-bond acceptors (Lipinski definition) is 3. The van der Waals surface area contributed by atoms with Gasteiger partial charge in [-0.1, -0.05) is 6.42 Å². The summed E-state index contributed by atoms with van der Waals surface area (Å²) in [6.07, 6.45) is 2.83. The summed E-state index contributed by atoms with van der Waals surface area (Å²) in [7, 11) is -1.62. The van der Waals surface area contributed by atoms with Crippen LogP contribution in [0.4, 0.5) is 4.39 Å². The molecule has 0 spiro atoms. The van der Waals surface area contributed by atoms with Crippen LogP contribution in [0.25, 0.3) is 10.9 Å². The Balaban J connectivity index is 1.64. The normalized spacial score (nSPS) is 16.2. The smallest absolute Gasteiger partial charge is 0.267 e. The van der Waals surface area contributed by atoms with Gasteiger partial charge in [-0.05, 0) is 37.1 Å². The maximum absolute atomic E-state index is 13.3. The van der Waals surface area contributed by atoms with Crippen LogP contribution in [-0.2, 0) is 17.1 Å². The SMILES string of the molecule is Cn1c(C(=O)NCCS(=O)(=O)N2CCCCC2)cc2cc(F)ccc21. The van der Waals surface area contributed by atoms with Crippen LogP contribution < -0.4 is 5.32 Å². The van der Waals surface area contributed by atoms with Gasteiger partial charge in [-0.25, -0.2) is 17.1 Å². The molecule has 0 unspecified atom stereocenters. The maximum Gasteiger partial charge on any atom is 0.267 e. The van der Waals surface area contributed by atoms with Crippen molar-refractivity contribution >= 4 is 26.8 Å². The lowest BCUT2D eigenvalue weighted by Gasteiger charge is -2.25. The number of amides is 1. The largest absolute Gasteiger partial charge is 0.350 e. The number of aryl methyl sites for hydroxylation is 1. The number of hydrogen-bond donors (Lipinski definition) is 1. The molecule has 2 heterocycles. The first-order chi connectivity index (χ1) is 11.9. The molecule has 0 saturated carbocycles. The number of piperidine rings is 1. The number of benzene rings is 1. The Kier molecular flexibility index (Phi) is 5.10. The molecule has 0 atom stereocenters. The highest BCUT2D eigenvalue weighted by Gasteiger charge is 2.24. The highest BCUT2D eigenvalue weighted by Crippen LogP contribution is 2.20. The van der Waals surface area contributed by atoms with Gasteiger partial charge in [0.2, 0.25) is 10.0 Å². The second-order valence-electron chi connectivity index (χ2n) is 6.32. The van der Waals surface area contributed by atoms with Gasteiger partial charge in [0.1, 0.15) is 11.5 Å². The Bertz CT molecular complexity index is 886. The second-order valence-corrected chi connectivity index (χ2v) is 8.41. The first-order valence-corrected chi connectivity index (χ1v) is 10.0. The Morgan fingerprint density at radius 3 is 2.64 bits per heavy atom. The molecule has 0 radical (unpaired) electrons. The summed E-state index contributed by atoms with van der Waals surface area (Å²) >= 11 is 0. The molecule has 8 heteroatoms. The van der Waals surface area contributed by atoms with Crippen LogP contribution in [0.2, 0.25) is 0 Å². The third-order valence-electron chi connectivity index (χ3n) is 4.59. The zero-order valence-corrected chi connectivity index (χ0v) is 15.0. The zero-order valence-electron chi connectivity index (χ0n) is 14.2. The lowest BCUT2D eigenvalue weighted by molar-refractivity contribution is 0.0948. The first-order valence-electron chi connectivity index (χ1n) is 8.39. The fourth-order valence-corrected chi connectivity index (χ4v) is 4.63. The van der Waals surface area contributed by atoms with E-state index in [0.717, 1.165) is 24.8 Å². The highest BCUT2D eigenvalue weighted by molar-refractivity contribution is 7.89. The number of nitrogens with zero attached hydrogens (tertiary/aromatic N) is 2. The molecule has 1 aliphatic rings. The summed E-state index contributed by atoms with van der Waals surface area (Å²) in [6.45, 7) is 1.17. The summed E-state index contributed by atoms with van der Waals surface area (Å²) in [5.74, 6) is -0.845. The van der Waals surface area contributed by atoms with Crippen LogP contribution in [0, 0.1) is 5.82 Å². The van der Waals surface area contributed by atoms with Crippen molar-refractivity contribution < 1.29 is 17.6 Å². The molecule has 1 aromatic heterocycles. The van der Waals surface area contributed by atoms with Gasteiger partial charge < -0.3 is 9.88 Å². The van der Waals surface area contributed by atoms with Gasteiger partial charge in [0.15, 0.2) is 0 Å². The Hall–Kier alpha value is -1.93. The van der Waals surface area contributed by atoms with Crippen LogP contribution in [0.15, 0.2) is 24.3 Å². The van der Waals surface area contributed by atoms with Crippen molar-refractivity contribution in [3.05, 3.63) is 35.8 Å². The fraction of sp³-hybridized carbons (Fsp3) is 0.471. The molecule has 1 fully saturated rings. The average molecular weight is 367 g/mol. The van der Waals surface area contributed by atoms with E-state index in [-0.39, 0.29) is 24.0 Å². The maximum atomic E-state index is 13.3. The second kappa shape index (κ2) is 7.13. The molecule has 2 aromatic rings. The summed E-state index contributed by atoms with van der Waals surface area (Å²) < 4.78 is 41.0. The van der Waals surface area contributed by atoms with Gasteiger partial charge in [-0.2, -0.15) is 0 Å². The van der Waals surface area contributed by atoms with E-state index in [9.17, 15) is 17.6 Å². The minimum atomic E-state index is -3.34. The monoisotopic (exact) mass is 367 g/mol. The molecule has 136 valence electrons. The van der Waals surface area contributed by atoms with Crippen LogP contribution in [0.1, 0.15) is 29.8 Å². The van der Waals surface area contributed by atoms with Crippen LogP contribution >= 0.6 is 0 Å². The molecular formula is C17H22FN3O3S. The number of rotatable bonds is 5. The number of fused-ring (bicyclic) bond motifs is 1. The van der Waals surface area contributed by atoms with Crippen LogP contribution in [0.3, 0.4) is 0 Å². The van der Waals surface area contributed by atoms with Crippen molar-refractivity contribution in [2.75, 3.05) is 25.4 Å². The molecule has 1 N–H and O–H groups in total. The Morgan fingerprint density at radius 2 is 1.92 bits per heavy atom. The molecule has 3 rings (SSSR count). The highest BCUT2D eigenvalue weighted by atomic mass is 32.2. The summed E-state index contributed by atoms with van der Waals surface area (Å²) in [5.41, 5.74) is 1.11. The number of nitrogens with one attached hydrogen (secondary N) is 1. The number of halogens is 1. The summed E-state index contributed by atoms with van der Waals surface area (Å²) in [4.78, 5) is 12.3. The number of aromatic nitrogens is 1. The minimum Gasteiger partial charge on any atom is -0.350 e. The van der Waals surface area contributed by atoms with E-state index in [1.807, 2.05) is 0 Å². The van der Waals surface area contributed by atoms with Gasteiger partial charge in [0.05, 0.1) is 5.75 Å². The van der Waals surface area contributed by atoms with Crippen molar-refractivity contribution in [1.82, 2.24) is 14.2 Å². The molecule has 1 saturated heterocycles. The van der Waals surface area contributed by atoms with Gasteiger partial charge in [-0.3, -0.25) is 4.79 Å². The molecule has 6 nitrogen and oxygen atoms in total. The van der Waals surface area contributed by atoms with E-state index in [4.69, 9.17) is 0 Å². The molecule has 1 aliphatic heterocycles. The molecule has 1 amide bonds. The first kappa shape index (κ1) is 17.9. The van der Waals surface area contributed by atoms with Crippen LogP contribution in [0.5, 0.6) is 0 Å². The van der Waals surface area contributed by atoms with Crippen molar-refractivity contribution in [1.29, 1.82) is 0 Å². The molecule has 0 aliphatic carbocycles. The van der Waals surface area contributed by atoms with Crippen molar-refractivity contribution in [2.45, 2.75) is 19.3 Å². The third-order valence-corrected chi connectivity index (χ3v) is 6.46. The quantitative estimate of drug-likeness (QED) is 0.877. The number of carbonyl (C=O) groups excluding carboxylic acids is 1. The van der Waals surface area contributed by atoms with E-state index in [0.29, 0.717) is 24.2 Å². The molecule has 25 heavy (non-hydrogen) atoms. The summed E-state index contributed by atoms with van der Waals surface area (Å²) in [6, 6.07) is 5.93. The van der Waals surface area contributed by atoms with Crippen LogP contribution in [-0.4, -0.2) is 48.6 Å². The lowest BCUT2D eigenvalue weighted by atomic mass is 10.2. The molecular weight excluding hydrogens is 345 g/mol. The fourth-order valence-electron chi connectivity index (χ4n) is 3.19. The predicted octanol–water partition coefficient (Wildman–Crippen LogP) is 1.86. The number of sulfonamides is 1. The molecule has 0 bridgehead atoms. The third kappa shape index (κ3) is 3.85. The lowest BCUT2D eigenvalue weighted by Crippen LogP contribution is -2.40. The van der Waals surface area contributed by atoms with Crippen molar-refractivity contribution in [3.63, 3.8) is 0 Å². The van der Waals surface area contributed by atoms with E-state index in [1.165, 1.54) is 16.4 Å². The van der Waals surface area contributed by atoms with E-state index in [2.05, 4.69) is 5.32 Å². The van der Waals surface area contributed by atoms with Gasteiger partial charge in [0, 0.05) is 37.6 Å². The Morgan fingerprint density at radius 1 is 1.20 bits per heavy atom. The topological polar surface area (TPSA) is 71.4 Å². The van der Waals surface area contributed by atoms with Gasteiger partial charge in [0.25, 0.3) is 5.91 Å². The van der Waals surface area contributed by atoms with Crippen molar-refractivity contribution in [2.24, 2.45) is 7.05 Å². The Labute approximate surface area is 146 Å². The van der Waals surface area contributed by atoms with Crippen molar-refractivity contribution in [3.8, 4) is 0 Å². The zero-order chi connectivity index (χ0) is 18.0. The predicted molar refractivity (Wildman–Crippen MR) is 94.4 cm³/mol. The minimum absolute atomic E-state index is 0.0492.